The molecule has 1 unspecified atom stereocenters. The quantitative estimate of drug-likeness (QED) is 0.256. The summed E-state index contributed by atoms with van der Waals surface area (Å²) in [5.41, 5.74) is 0. The minimum Gasteiger partial charge on any atom is -0.469 e. The first-order valence-electron chi connectivity index (χ1n) is 9.26. The second kappa shape index (κ2) is 13.6. The summed E-state index contributed by atoms with van der Waals surface area (Å²) in [5, 5.41) is 3.36. The van der Waals surface area contributed by atoms with Crippen LogP contribution in [0.25, 0.3) is 0 Å². The Balaban J connectivity index is 0.00000576. The Bertz CT molecular complexity index is 397. The van der Waals surface area contributed by atoms with E-state index < -0.39 is 0 Å². The topological polar surface area (TPSA) is 63.2 Å². The van der Waals surface area contributed by atoms with Gasteiger partial charge in [0.25, 0.3) is 0 Å². The molecule has 0 aromatic rings. The molecule has 1 fully saturated rings. The van der Waals surface area contributed by atoms with Gasteiger partial charge < -0.3 is 19.7 Å². The number of ether oxygens (including phenoxy) is 2. The molecule has 0 aliphatic carbocycles. The van der Waals surface area contributed by atoms with E-state index in [0.717, 1.165) is 58.0 Å². The van der Waals surface area contributed by atoms with Gasteiger partial charge in [0.2, 0.25) is 0 Å². The normalized spacial score (nSPS) is 17.2. The molecule has 0 radical (unpaired) electrons. The number of hydrogen-bond donors (Lipinski definition) is 1. The number of hydrogen-bond acceptors (Lipinski definition) is 4. The van der Waals surface area contributed by atoms with E-state index in [9.17, 15) is 4.79 Å². The van der Waals surface area contributed by atoms with Gasteiger partial charge in [-0.3, -0.25) is 9.79 Å². The fraction of sp³-hybridized carbons (Fsp3) is 0.889. The zero-order valence-electron chi connectivity index (χ0n) is 16.4. The highest BCUT2D eigenvalue weighted by atomic mass is 127. The molecule has 1 aliphatic heterocycles. The maximum atomic E-state index is 11.6. The van der Waals surface area contributed by atoms with Crippen molar-refractivity contribution in [1.82, 2.24) is 10.2 Å². The molecule has 0 saturated carbocycles. The van der Waals surface area contributed by atoms with Gasteiger partial charge in [0.15, 0.2) is 5.96 Å². The molecular formula is C18H36IN3O3. The molecule has 1 atom stereocenters. The number of aliphatic imine (C=N–C) groups is 1. The molecule has 0 amide bonds. The van der Waals surface area contributed by atoms with Crippen LogP contribution in [0.2, 0.25) is 0 Å². The summed E-state index contributed by atoms with van der Waals surface area (Å²) in [4.78, 5) is 18.7. The monoisotopic (exact) mass is 469 g/mol. The van der Waals surface area contributed by atoms with Crippen LogP contribution in [-0.2, 0) is 14.3 Å². The van der Waals surface area contributed by atoms with Gasteiger partial charge >= 0.3 is 5.97 Å². The van der Waals surface area contributed by atoms with Crippen molar-refractivity contribution >= 4 is 35.9 Å². The van der Waals surface area contributed by atoms with Crippen LogP contribution in [0.4, 0.5) is 0 Å². The van der Waals surface area contributed by atoms with Gasteiger partial charge in [-0.25, -0.2) is 0 Å². The first-order valence-corrected chi connectivity index (χ1v) is 9.26. The lowest BCUT2D eigenvalue weighted by molar-refractivity contribution is -0.146. The predicted molar refractivity (Wildman–Crippen MR) is 113 cm³/mol. The molecule has 0 bridgehead atoms. The van der Waals surface area contributed by atoms with Gasteiger partial charge in [0, 0.05) is 32.8 Å². The average molecular weight is 469 g/mol. The lowest BCUT2D eigenvalue weighted by Gasteiger charge is -2.33. The summed E-state index contributed by atoms with van der Waals surface area (Å²) in [7, 11) is 1.46. The lowest BCUT2D eigenvalue weighted by Crippen LogP contribution is -2.46. The number of likely N-dealkylation sites (tertiary alicyclic amines) is 1. The summed E-state index contributed by atoms with van der Waals surface area (Å²) < 4.78 is 10.6. The molecule has 148 valence electrons. The van der Waals surface area contributed by atoms with E-state index in [1.165, 1.54) is 7.11 Å². The number of guanidine groups is 1. The van der Waals surface area contributed by atoms with E-state index in [-0.39, 0.29) is 42.0 Å². The van der Waals surface area contributed by atoms with Crippen LogP contribution in [0.1, 0.15) is 47.0 Å². The number of nitrogens with zero attached hydrogens (tertiary/aromatic N) is 2. The predicted octanol–water partition coefficient (Wildman–Crippen LogP) is 2.91. The van der Waals surface area contributed by atoms with Crippen LogP contribution < -0.4 is 5.32 Å². The van der Waals surface area contributed by atoms with Crippen LogP contribution in [0, 0.1) is 11.8 Å². The molecule has 0 aromatic heterocycles. The molecule has 1 rings (SSSR count). The first kappa shape index (κ1) is 24.4. The number of esters is 1. The third-order valence-electron chi connectivity index (χ3n) is 4.46. The SMILES string of the molecule is CCNC(=NCCC(OCC)C(C)C)N1CCC(C(=O)OC)CC1.I. The number of nitrogens with one attached hydrogen (secondary N) is 1. The van der Waals surface area contributed by atoms with E-state index in [1.807, 2.05) is 6.92 Å². The first-order chi connectivity index (χ1) is 11.5. The molecular weight excluding hydrogens is 433 g/mol. The van der Waals surface area contributed by atoms with Crippen molar-refractivity contribution in [2.45, 2.75) is 53.1 Å². The highest BCUT2D eigenvalue weighted by Gasteiger charge is 2.27. The Kier molecular flexibility index (Phi) is 13.3. The van der Waals surface area contributed by atoms with Gasteiger partial charge in [-0.1, -0.05) is 13.8 Å². The summed E-state index contributed by atoms with van der Waals surface area (Å²) >= 11 is 0. The number of methoxy groups -OCH3 is 1. The number of halogens is 1. The Morgan fingerprint density at radius 1 is 1.28 bits per heavy atom. The second-order valence-electron chi connectivity index (χ2n) is 6.55. The van der Waals surface area contributed by atoms with Gasteiger partial charge in [0.05, 0.1) is 19.1 Å². The van der Waals surface area contributed by atoms with Gasteiger partial charge in [0.1, 0.15) is 0 Å². The smallest absolute Gasteiger partial charge is 0.308 e. The Morgan fingerprint density at radius 2 is 1.92 bits per heavy atom. The van der Waals surface area contributed by atoms with Crippen molar-refractivity contribution in [2.24, 2.45) is 16.8 Å². The molecule has 1 N–H and O–H groups in total. The highest BCUT2D eigenvalue weighted by Crippen LogP contribution is 2.18. The molecule has 0 aromatic carbocycles. The number of carbonyl (C=O) groups is 1. The van der Waals surface area contributed by atoms with E-state index in [0.29, 0.717) is 5.92 Å². The van der Waals surface area contributed by atoms with E-state index in [2.05, 4.69) is 31.0 Å². The van der Waals surface area contributed by atoms with Crippen molar-refractivity contribution < 1.29 is 14.3 Å². The van der Waals surface area contributed by atoms with Crippen LogP contribution in [0.3, 0.4) is 0 Å². The van der Waals surface area contributed by atoms with Crippen molar-refractivity contribution in [1.29, 1.82) is 0 Å². The second-order valence-corrected chi connectivity index (χ2v) is 6.55. The maximum Gasteiger partial charge on any atom is 0.308 e. The third kappa shape index (κ3) is 8.57. The lowest BCUT2D eigenvalue weighted by atomic mass is 9.97. The average Bonchev–Trinajstić information content (AvgIpc) is 2.59. The number of rotatable bonds is 8. The standard InChI is InChI=1S/C18H35N3O3.HI/c1-6-19-18(20-11-8-16(14(3)4)24-7-2)21-12-9-15(10-13-21)17(22)23-5;/h14-16H,6-13H2,1-5H3,(H,19,20);1H. The van der Waals surface area contributed by atoms with Crippen molar-refractivity contribution in [3.63, 3.8) is 0 Å². The largest absolute Gasteiger partial charge is 0.469 e. The van der Waals surface area contributed by atoms with E-state index in [4.69, 9.17) is 14.5 Å². The van der Waals surface area contributed by atoms with Crippen LogP contribution in [0.5, 0.6) is 0 Å². The van der Waals surface area contributed by atoms with Crippen LogP contribution >= 0.6 is 24.0 Å². The summed E-state index contributed by atoms with van der Waals surface area (Å²) in [6.07, 6.45) is 2.83. The summed E-state index contributed by atoms with van der Waals surface area (Å²) in [6, 6.07) is 0. The Labute approximate surface area is 170 Å². The number of carbonyl (C=O) groups excluding carboxylic acids is 1. The van der Waals surface area contributed by atoms with Crippen molar-refractivity contribution in [3.8, 4) is 0 Å². The van der Waals surface area contributed by atoms with Gasteiger partial charge in [-0.15, -0.1) is 24.0 Å². The fourth-order valence-electron chi connectivity index (χ4n) is 3.04. The maximum absolute atomic E-state index is 11.6. The van der Waals surface area contributed by atoms with E-state index >= 15 is 0 Å². The fourth-order valence-corrected chi connectivity index (χ4v) is 3.04. The number of piperidine rings is 1. The zero-order valence-corrected chi connectivity index (χ0v) is 18.7. The van der Waals surface area contributed by atoms with E-state index in [1.54, 1.807) is 0 Å². The summed E-state index contributed by atoms with van der Waals surface area (Å²) in [5.74, 6) is 1.38. The Hall–Kier alpha value is -0.570. The molecule has 1 heterocycles. The minimum atomic E-state index is -0.0897. The third-order valence-corrected chi connectivity index (χ3v) is 4.46. The van der Waals surface area contributed by atoms with Crippen LogP contribution in [0.15, 0.2) is 4.99 Å². The Morgan fingerprint density at radius 3 is 2.40 bits per heavy atom. The molecule has 1 saturated heterocycles. The van der Waals surface area contributed by atoms with Gasteiger partial charge in [-0.2, -0.15) is 0 Å². The molecule has 7 heteroatoms. The molecule has 0 spiro atoms. The van der Waals surface area contributed by atoms with Gasteiger partial charge in [-0.05, 0) is 39.0 Å². The minimum absolute atomic E-state index is 0. The molecule has 25 heavy (non-hydrogen) atoms. The molecule has 1 aliphatic rings. The zero-order chi connectivity index (χ0) is 17.9. The molecule has 6 nitrogen and oxygen atoms in total. The highest BCUT2D eigenvalue weighted by molar-refractivity contribution is 14.0. The van der Waals surface area contributed by atoms with Crippen molar-refractivity contribution in [2.75, 3.05) is 39.9 Å². The van der Waals surface area contributed by atoms with Crippen LogP contribution in [-0.4, -0.2) is 62.8 Å². The summed E-state index contributed by atoms with van der Waals surface area (Å²) in [6.45, 7) is 12.5. The van der Waals surface area contributed by atoms with Crippen molar-refractivity contribution in [3.05, 3.63) is 0 Å².